The highest BCUT2D eigenvalue weighted by atomic mass is 35.5. The average Bonchev–Trinajstić information content (AvgIpc) is 2.71. The number of anilines is 1. The van der Waals surface area contributed by atoms with Crippen molar-refractivity contribution < 1.29 is 19.3 Å². The standard InChI is InChI=1S/C21H11ClN2O5/c22-11-8-9-14(17(10-11)24(28)29)21(27)23-16-7-3-6-15-18(16)20(26)13-5-2-1-4-12(13)19(15)25/h1-10H,(H,23,27). The summed E-state index contributed by atoms with van der Waals surface area (Å²) in [5.41, 5.74) is 0.174. The largest absolute Gasteiger partial charge is 0.321 e. The van der Waals surface area contributed by atoms with Crippen LogP contribution >= 0.6 is 11.6 Å². The van der Waals surface area contributed by atoms with Gasteiger partial charge in [-0.15, -0.1) is 0 Å². The van der Waals surface area contributed by atoms with Gasteiger partial charge in [-0.2, -0.15) is 0 Å². The molecule has 29 heavy (non-hydrogen) atoms. The number of hydrogen-bond donors (Lipinski definition) is 1. The Balaban J connectivity index is 1.78. The minimum absolute atomic E-state index is 0.0566. The summed E-state index contributed by atoms with van der Waals surface area (Å²) < 4.78 is 0. The van der Waals surface area contributed by atoms with Crippen LogP contribution in [0.25, 0.3) is 0 Å². The van der Waals surface area contributed by atoms with Gasteiger partial charge in [-0.05, 0) is 18.2 Å². The summed E-state index contributed by atoms with van der Waals surface area (Å²) in [6.45, 7) is 0. The number of ketones is 2. The van der Waals surface area contributed by atoms with Crippen molar-refractivity contribution in [2.45, 2.75) is 0 Å². The van der Waals surface area contributed by atoms with Crippen molar-refractivity contribution in [2.75, 3.05) is 5.32 Å². The maximum absolute atomic E-state index is 13.0. The second-order valence-corrected chi connectivity index (χ2v) is 6.74. The van der Waals surface area contributed by atoms with Gasteiger partial charge in [-0.1, -0.05) is 48.0 Å². The number of carbonyl (C=O) groups is 3. The third kappa shape index (κ3) is 3.07. The molecule has 0 aliphatic heterocycles. The van der Waals surface area contributed by atoms with E-state index in [1.54, 1.807) is 24.3 Å². The minimum Gasteiger partial charge on any atom is -0.321 e. The Labute approximate surface area is 169 Å². The zero-order valence-electron chi connectivity index (χ0n) is 14.6. The lowest BCUT2D eigenvalue weighted by Crippen LogP contribution is -2.24. The number of nitrogens with zero attached hydrogens (tertiary/aromatic N) is 1. The van der Waals surface area contributed by atoms with E-state index in [1.807, 2.05) is 0 Å². The van der Waals surface area contributed by atoms with Crippen molar-refractivity contribution in [3.63, 3.8) is 0 Å². The number of rotatable bonds is 3. The van der Waals surface area contributed by atoms with Crippen LogP contribution in [0.2, 0.25) is 5.02 Å². The number of nitro benzene ring substituents is 1. The van der Waals surface area contributed by atoms with E-state index >= 15 is 0 Å². The van der Waals surface area contributed by atoms with Crippen LogP contribution in [0.15, 0.2) is 60.7 Å². The van der Waals surface area contributed by atoms with Gasteiger partial charge in [0.25, 0.3) is 11.6 Å². The van der Waals surface area contributed by atoms with Gasteiger partial charge in [0, 0.05) is 27.8 Å². The van der Waals surface area contributed by atoms with Gasteiger partial charge in [0.05, 0.1) is 16.2 Å². The normalized spacial score (nSPS) is 12.2. The fraction of sp³-hybridized carbons (Fsp3) is 0. The molecule has 0 atom stereocenters. The Hall–Kier alpha value is -3.84. The summed E-state index contributed by atoms with van der Waals surface area (Å²) in [5.74, 6) is -1.53. The highest BCUT2D eigenvalue weighted by Crippen LogP contribution is 2.32. The number of benzene rings is 3. The molecule has 0 heterocycles. The summed E-state index contributed by atoms with van der Waals surface area (Å²) in [6, 6.07) is 14.6. The van der Waals surface area contributed by atoms with Gasteiger partial charge in [0.15, 0.2) is 11.6 Å². The van der Waals surface area contributed by atoms with E-state index in [1.165, 1.54) is 30.3 Å². The van der Waals surface area contributed by atoms with Gasteiger partial charge < -0.3 is 5.32 Å². The molecule has 7 nitrogen and oxygen atoms in total. The second kappa shape index (κ2) is 6.96. The third-order valence-corrected chi connectivity index (χ3v) is 4.84. The first kappa shape index (κ1) is 18.5. The quantitative estimate of drug-likeness (QED) is 0.403. The van der Waals surface area contributed by atoms with E-state index in [0.29, 0.717) is 5.56 Å². The number of amides is 1. The highest BCUT2D eigenvalue weighted by Gasteiger charge is 2.32. The molecule has 4 rings (SSSR count). The molecule has 1 aliphatic rings. The molecule has 3 aromatic carbocycles. The molecular weight excluding hydrogens is 396 g/mol. The Bertz CT molecular complexity index is 1240. The first-order valence-electron chi connectivity index (χ1n) is 8.45. The molecule has 142 valence electrons. The Morgan fingerprint density at radius 2 is 1.55 bits per heavy atom. The van der Waals surface area contributed by atoms with Gasteiger partial charge in [0.1, 0.15) is 5.56 Å². The van der Waals surface area contributed by atoms with Crippen LogP contribution in [0.1, 0.15) is 42.2 Å². The molecule has 3 aromatic rings. The molecule has 0 radical (unpaired) electrons. The van der Waals surface area contributed by atoms with Crippen molar-refractivity contribution in [3.05, 3.63) is 104 Å². The molecule has 0 saturated carbocycles. The third-order valence-electron chi connectivity index (χ3n) is 4.60. The zero-order valence-corrected chi connectivity index (χ0v) is 15.4. The van der Waals surface area contributed by atoms with Crippen LogP contribution in [0.4, 0.5) is 11.4 Å². The molecule has 0 unspecified atom stereocenters. The Kier molecular flexibility index (Phi) is 4.44. The number of fused-ring (bicyclic) bond motifs is 2. The van der Waals surface area contributed by atoms with Gasteiger partial charge in [-0.25, -0.2) is 0 Å². The summed E-state index contributed by atoms with van der Waals surface area (Å²) >= 11 is 5.79. The summed E-state index contributed by atoms with van der Waals surface area (Å²) in [7, 11) is 0. The van der Waals surface area contributed by atoms with Crippen LogP contribution < -0.4 is 5.32 Å². The van der Waals surface area contributed by atoms with Crippen molar-refractivity contribution in [1.82, 2.24) is 0 Å². The average molecular weight is 407 g/mol. The highest BCUT2D eigenvalue weighted by molar-refractivity contribution is 6.32. The number of halogens is 1. The Morgan fingerprint density at radius 1 is 0.897 bits per heavy atom. The van der Waals surface area contributed by atoms with Crippen LogP contribution in [0.3, 0.4) is 0 Å². The lowest BCUT2D eigenvalue weighted by atomic mass is 9.83. The fourth-order valence-electron chi connectivity index (χ4n) is 3.29. The maximum atomic E-state index is 13.0. The van der Waals surface area contributed by atoms with Crippen LogP contribution in [0.5, 0.6) is 0 Å². The molecule has 1 N–H and O–H groups in total. The van der Waals surface area contributed by atoms with Gasteiger partial charge in [0.2, 0.25) is 0 Å². The van der Waals surface area contributed by atoms with Crippen molar-refractivity contribution in [2.24, 2.45) is 0 Å². The molecule has 0 aromatic heterocycles. The fourth-order valence-corrected chi connectivity index (χ4v) is 3.45. The van der Waals surface area contributed by atoms with Crippen LogP contribution in [-0.4, -0.2) is 22.4 Å². The van der Waals surface area contributed by atoms with Crippen LogP contribution in [0, 0.1) is 10.1 Å². The van der Waals surface area contributed by atoms with Crippen LogP contribution in [-0.2, 0) is 0 Å². The smallest absolute Gasteiger partial charge is 0.283 e. The van der Waals surface area contributed by atoms with Crippen molar-refractivity contribution in [1.29, 1.82) is 0 Å². The predicted molar refractivity (Wildman–Crippen MR) is 106 cm³/mol. The van der Waals surface area contributed by atoms with E-state index < -0.39 is 22.3 Å². The zero-order chi connectivity index (χ0) is 20.7. The molecule has 0 fully saturated rings. The second-order valence-electron chi connectivity index (χ2n) is 6.30. The minimum atomic E-state index is -0.791. The summed E-state index contributed by atoms with van der Waals surface area (Å²) in [4.78, 5) is 49.0. The lowest BCUT2D eigenvalue weighted by Gasteiger charge is -2.20. The maximum Gasteiger partial charge on any atom is 0.283 e. The first-order valence-corrected chi connectivity index (χ1v) is 8.83. The van der Waals surface area contributed by atoms with E-state index in [0.717, 1.165) is 6.07 Å². The molecule has 1 amide bonds. The molecule has 0 saturated heterocycles. The topological polar surface area (TPSA) is 106 Å². The van der Waals surface area contributed by atoms with Crippen molar-refractivity contribution in [3.8, 4) is 0 Å². The predicted octanol–water partition coefficient (Wildman–Crippen LogP) is 4.28. The van der Waals surface area contributed by atoms with Crippen molar-refractivity contribution >= 4 is 40.4 Å². The SMILES string of the molecule is O=C(Nc1cccc2c1C(=O)c1ccccc1C2=O)c1ccc(Cl)cc1[N+](=O)[O-]. The molecule has 8 heteroatoms. The van der Waals surface area contributed by atoms with E-state index in [9.17, 15) is 24.5 Å². The number of nitrogens with one attached hydrogen (secondary N) is 1. The number of carbonyl (C=O) groups excluding carboxylic acids is 3. The first-order chi connectivity index (χ1) is 13.9. The van der Waals surface area contributed by atoms with Gasteiger partial charge >= 0.3 is 0 Å². The molecular formula is C21H11ClN2O5. The Morgan fingerprint density at radius 3 is 2.24 bits per heavy atom. The lowest BCUT2D eigenvalue weighted by molar-refractivity contribution is -0.385. The summed E-state index contributed by atoms with van der Waals surface area (Å²) in [6.07, 6.45) is 0. The number of hydrogen-bond acceptors (Lipinski definition) is 5. The number of nitro groups is 1. The van der Waals surface area contributed by atoms with E-state index in [4.69, 9.17) is 11.6 Å². The molecule has 0 spiro atoms. The van der Waals surface area contributed by atoms with E-state index in [-0.39, 0.29) is 38.7 Å². The molecule has 0 bridgehead atoms. The monoisotopic (exact) mass is 406 g/mol. The van der Waals surface area contributed by atoms with E-state index in [2.05, 4.69) is 5.32 Å². The molecule has 1 aliphatic carbocycles. The summed E-state index contributed by atoms with van der Waals surface area (Å²) in [5, 5.41) is 13.9. The van der Waals surface area contributed by atoms with Gasteiger partial charge in [-0.3, -0.25) is 24.5 Å².